The van der Waals surface area contributed by atoms with Crippen molar-refractivity contribution in [2.45, 2.75) is 6.42 Å². The van der Waals surface area contributed by atoms with Crippen molar-refractivity contribution in [1.29, 1.82) is 0 Å². The molecule has 1 aromatic carbocycles. The number of rotatable bonds is 5. The quantitative estimate of drug-likeness (QED) is 0.411. The van der Waals surface area contributed by atoms with Gasteiger partial charge in [-0.3, -0.25) is 4.79 Å². The number of benzene rings is 1. The first-order valence-corrected chi connectivity index (χ1v) is 5.16. The van der Waals surface area contributed by atoms with Gasteiger partial charge in [0, 0.05) is 0 Å². The molecule has 1 aromatic rings. The predicted molar refractivity (Wildman–Crippen MR) is 63.2 cm³/mol. The largest absolute Gasteiger partial charge is 0.468 e. The van der Waals surface area contributed by atoms with Crippen LogP contribution in [0.2, 0.25) is 0 Å². The lowest BCUT2D eigenvalue weighted by Gasteiger charge is -2.05. The molecule has 0 bridgehead atoms. The summed E-state index contributed by atoms with van der Waals surface area (Å²) in [4.78, 5) is 10.8. The Morgan fingerprint density at radius 2 is 2.31 bits per heavy atom. The van der Waals surface area contributed by atoms with Crippen molar-refractivity contribution in [3.63, 3.8) is 0 Å². The second-order valence-corrected chi connectivity index (χ2v) is 3.60. The van der Waals surface area contributed by atoms with E-state index >= 15 is 0 Å². The number of hydrogen-bond donors (Lipinski definition) is 1. The lowest BCUT2D eigenvalue weighted by atomic mass is 9.93. The summed E-state index contributed by atoms with van der Waals surface area (Å²) >= 11 is 0. The van der Waals surface area contributed by atoms with Crippen molar-refractivity contribution in [3.8, 4) is 0 Å². The molecule has 0 heterocycles. The molecule has 16 heavy (non-hydrogen) atoms. The minimum atomic E-state index is -0.315. The Morgan fingerprint density at radius 1 is 1.56 bits per heavy atom. The van der Waals surface area contributed by atoms with Gasteiger partial charge < -0.3 is 10.1 Å². The molecular formula is C11H15BFNO2. The van der Waals surface area contributed by atoms with Gasteiger partial charge in [-0.05, 0) is 24.6 Å². The number of halogens is 1. The molecule has 1 N–H and O–H groups in total. The van der Waals surface area contributed by atoms with Crippen molar-refractivity contribution in [2.75, 3.05) is 20.2 Å². The SMILES string of the molecule is Bc1ccc(F)c(CCNCC(=O)OC)c1. The second-order valence-electron chi connectivity index (χ2n) is 3.60. The van der Waals surface area contributed by atoms with Crippen LogP contribution in [0.1, 0.15) is 5.56 Å². The minimum Gasteiger partial charge on any atom is -0.468 e. The van der Waals surface area contributed by atoms with Gasteiger partial charge in [0.2, 0.25) is 0 Å². The molecule has 0 aliphatic rings. The van der Waals surface area contributed by atoms with E-state index in [1.807, 2.05) is 13.9 Å². The third-order valence-corrected chi connectivity index (χ3v) is 2.27. The van der Waals surface area contributed by atoms with Gasteiger partial charge >= 0.3 is 5.97 Å². The Hall–Kier alpha value is -1.36. The van der Waals surface area contributed by atoms with E-state index in [4.69, 9.17) is 0 Å². The molecule has 0 amide bonds. The monoisotopic (exact) mass is 223 g/mol. The highest BCUT2D eigenvalue weighted by molar-refractivity contribution is 6.32. The summed E-state index contributed by atoms with van der Waals surface area (Å²) in [6.07, 6.45) is 0.560. The zero-order valence-electron chi connectivity index (χ0n) is 9.55. The Morgan fingerprint density at radius 3 is 3.00 bits per heavy atom. The van der Waals surface area contributed by atoms with Crippen LogP contribution in [0.25, 0.3) is 0 Å². The zero-order chi connectivity index (χ0) is 12.0. The van der Waals surface area contributed by atoms with Crippen molar-refractivity contribution < 1.29 is 13.9 Å². The minimum absolute atomic E-state index is 0.157. The van der Waals surface area contributed by atoms with E-state index in [9.17, 15) is 9.18 Å². The van der Waals surface area contributed by atoms with E-state index in [-0.39, 0.29) is 18.3 Å². The van der Waals surface area contributed by atoms with Crippen LogP contribution in [0.4, 0.5) is 4.39 Å². The Labute approximate surface area is 95.4 Å². The highest BCUT2D eigenvalue weighted by Gasteiger charge is 2.03. The molecule has 0 fully saturated rings. The molecule has 0 unspecified atom stereocenters. The lowest BCUT2D eigenvalue weighted by Crippen LogP contribution is -2.26. The first kappa shape index (κ1) is 12.7. The number of carbonyl (C=O) groups excluding carboxylic acids is 1. The van der Waals surface area contributed by atoms with Crippen LogP contribution in [0.5, 0.6) is 0 Å². The summed E-state index contributed by atoms with van der Waals surface area (Å²) in [6.45, 7) is 0.708. The highest BCUT2D eigenvalue weighted by Crippen LogP contribution is 2.04. The van der Waals surface area contributed by atoms with Crippen LogP contribution in [-0.4, -0.2) is 34.0 Å². The van der Waals surface area contributed by atoms with Gasteiger partial charge in [-0.2, -0.15) is 0 Å². The molecule has 0 aromatic heterocycles. The second kappa shape index (κ2) is 6.28. The first-order chi connectivity index (χ1) is 7.63. The molecule has 0 atom stereocenters. The third kappa shape index (κ3) is 4.02. The topological polar surface area (TPSA) is 38.3 Å². The van der Waals surface area contributed by atoms with Gasteiger partial charge in [0.25, 0.3) is 0 Å². The number of hydrogen-bond acceptors (Lipinski definition) is 3. The van der Waals surface area contributed by atoms with Gasteiger partial charge in [0.1, 0.15) is 13.7 Å². The molecule has 0 saturated carbocycles. The number of methoxy groups -OCH3 is 1. The van der Waals surface area contributed by atoms with Crippen molar-refractivity contribution in [2.24, 2.45) is 0 Å². The molecule has 1 rings (SSSR count). The van der Waals surface area contributed by atoms with Crippen LogP contribution >= 0.6 is 0 Å². The van der Waals surface area contributed by atoms with Gasteiger partial charge in [0.15, 0.2) is 0 Å². The molecule has 0 radical (unpaired) electrons. The predicted octanol–water partition coefficient (Wildman–Crippen LogP) is -0.611. The van der Waals surface area contributed by atoms with Crippen molar-refractivity contribution >= 4 is 19.3 Å². The fraction of sp³-hybridized carbons (Fsp3) is 0.364. The third-order valence-electron chi connectivity index (χ3n) is 2.27. The highest BCUT2D eigenvalue weighted by atomic mass is 19.1. The van der Waals surface area contributed by atoms with Gasteiger partial charge in [-0.1, -0.05) is 17.6 Å². The number of nitrogens with one attached hydrogen (secondary N) is 1. The maximum atomic E-state index is 13.3. The summed E-state index contributed by atoms with van der Waals surface area (Å²) < 4.78 is 17.8. The maximum Gasteiger partial charge on any atom is 0.319 e. The van der Waals surface area contributed by atoms with Gasteiger partial charge in [0.05, 0.1) is 13.7 Å². The summed E-state index contributed by atoms with van der Waals surface area (Å²) in [5, 5.41) is 2.89. The molecule has 86 valence electrons. The average Bonchev–Trinajstić information content (AvgIpc) is 2.28. The van der Waals surface area contributed by atoms with E-state index < -0.39 is 0 Å². The smallest absolute Gasteiger partial charge is 0.319 e. The fourth-order valence-corrected chi connectivity index (χ4v) is 1.38. The Kier molecular flexibility index (Phi) is 4.99. The van der Waals surface area contributed by atoms with E-state index in [2.05, 4.69) is 10.1 Å². The number of ether oxygens (including phenoxy) is 1. The maximum absolute atomic E-state index is 13.3. The number of carbonyl (C=O) groups is 1. The normalized spacial score (nSPS) is 10.1. The van der Waals surface area contributed by atoms with Crippen LogP contribution < -0.4 is 10.8 Å². The Balaban J connectivity index is 2.37. The molecule has 3 nitrogen and oxygen atoms in total. The summed E-state index contributed by atoms with van der Waals surface area (Å²) in [6, 6.07) is 5.01. The lowest BCUT2D eigenvalue weighted by molar-refractivity contribution is -0.139. The van der Waals surface area contributed by atoms with E-state index in [1.54, 1.807) is 6.07 Å². The van der Waals surface area contributed by atoms with Crippen LogP contribution in [0.15, 0.2) is 18.2 Å². The molecule has 0 spiro atoms. The average molecular weight is 223 g/mol. The molecule has 5 heteroatoms. The standard InChI is InChI=1S/C11H15BFNO2/c1-16-11(15)7-14-5-4-8-6-9(12)2-3-10(8)13/h2-3,6,14H,4-5,7,12H2,1H3. The van der Waals surface area contributed by atoms with Crippen LogP contribution in [0, 0.1) is 5.82 Å². The van der Waals surface area contributed by atoms with E-state index in [0.717, 1.165) is 5.46 Å². The number of esters is 1. The van der Waals surface area contributed by atoms with E-state index in [1.165, 1.54) is 13.2 Å². The summed E-state index contributed by atoms with van der Waals surface area (Å²) in [5.74, 6) is -0.518. The zero-order valence-corrected chi connectivity index (χ0v) is 9.55. The van der Waals surface area contributed by atoms with E-state index in [0.29, 0.717) is 18.5 Å². The fourth-order valence-electron chi connectivity index (χ4n) is 1.38. The van der Waals surface area contributed by atoms with Gasteiger partial charge in [-0.15, -0.1) is 0 Å². The van der Waals surface area contributed by atoms with Crippen LogP contribution in [0.3, 0.4) is 0 Å². The van der Waals surface area contributed by atoms with Crippen molar-refractivity contribution in [3.05, 3.63) is 29.6 Å². The molecule has 0 aliphatic heterocycles. The summed E-state index contributed by atoms with van der Waals surface area (Å²) in [5.41, 5.74) is 1.70. The molecule has 0 saturated heterocycles. The Bertz CT molecular complexity index is 371. The molecule has 0 aliphatic carbocycles. The summed E-state index contributed by atoms with van der Waals surface area (Å²) in [7, 11) is 3.26. The van der Waals surface area contributed by atoms with Crippen molar-refractivity contribution in [1.82, 2.24) is 5.32 Å². The van der Waals surface area contributed by atoms with Gasteiger partial charge in [-0.25, -0.2) is 4.39 Å². The first-order valence-electron chi connectivity index (χ1n) is 5.16. The van der Waals surface area contributed by atoms with Crippen LogP contribution in [-0.2, 0) is 16.0 Å². The molecular weight excluding hydrogens is 208 g/mol.